The fraction of sp³-hybridized carbons (Fsp3) is 1.00. The predicted octanol–water partition coefficient (Wildman–Crippen LogP) is 3.61. The van der Waals surface area contributed by atoms with Crippen LogP contribution in [0.25, 0.3) is 0 Å². The average molecular weight is 391 g/mol. The summed E-state index contributed by atoms with van der Waals surface area (Å²) in [5, 5.41) is 0.803. The fourth-order valence-electron chi connectivity index (χ4n) is 5.22. The van der Waals surface area contributed by atoms with E-state index in [9.17, 15) is 0 Å². The lowest BCUT2D eigenvalue weighted by Crippen LogP contribution is -2.70. The van der Waals surface area contributed by atoms with E-state index >= 15 is 0 Å². The highest BCUT2D eigenvalue weighted by molar-refractivity contribution is 9.09. The molecule has 1 aliphatic carbocycles. The van der Waals surface area contributed by atoms with Gasteiger partial charge < -0.3 is 14.2 Å². The van der Waals surface area contributed by atoms with Gasteiger partial charge >= 0.3 is 0 Å². The minimum absolute atomic E-state index is 0.242. The van der Waals surface area contributed by atoms with Gasteiger partial charge in [-0.2, -0.15) is 0 Å². The van der Waals surface area contributed by atoms with Crippen LogP contribution < -0.4 is 0 Å². The molecule has 0 radical (unpaired) electrons. The summed E-state index contributed by atoms with van der Waals surface area (Å²) in [4.78, 5) is 11.9. The highest BCUT2D eigenvalue weighted by Crippen LogP contribution is 2.60. The lowest BCUT2D eigenvalue weighted by molar-refractivity contribution is -0.577. The van der Waals surface area contributed by atoms with Crippen molar-refractivity contribution in [3.63, 3.8) is 0 Å². The summed E-state index contributed by atoms with van der Waals surface area (Å²) in [6.07, 6.45) is 3.59. The number of ether oxygens (including phenoxy) is 3. The normalized spacial score (nSPS) is 55.3. The molecule has 132 valence electrons. The zero-order chi connectivity index (χ0) is 16.2. The Bertz CT molecular complexity index is 462. The molecule has 5 fully saturated rings. The maximum atomic E-state index is 6.29. The van der Waals surface area contributed by atoms with Crippen LogP contribution in [-0.4, -0.2) is 35.9 Å². The van der Waals surface area contributed by atoms with Crippen LogP contribution in [0.5, 0.6) is 0 Å². The van der Waals surface area contributed by atoms with Gasteiger partial charge in [-0.1, -0.05) is 29.8 Å². The van der Waals surface area contributed by atoms with Gasteiger partial charge in [0.15, 0.2) is 18.2 Å². The summed E-state index contributed by atoms with van der Waals surface area (Å²) in [6.45, 7) is 7.13. The van der Waals surface area contributed by atoms with E-state index in [2.05, 4.69) is 29.8 Å². The Morgan fingerprint density at radius 3 is 2.74 bits per heavy atom. The fourth-order valence-corrected chi connectivity index (χ4v) is 5.41. The van der Waals surface area contributed by atoms with Crippen molar-refractivity contribution in [3.05, 3.63) is 0 Å². The first-order valence-electron chi connectivity index (χ1n) is 8.88. The third kappa shape index (κ3) is 2.44. The SMILES string of the molecule is C[C@H]1C(OCCBr)OC2O[C@]3(C)CCC4[C@H](C)CCC1C24OO3. The Kier molecular flexibility index (Phi) is 4.31. The number of halogens is 1. The van der Waals surface area contributed by atoms with E-state index in [0.29, 0.717) is 24.4 Å². The second-order valence-corrected chi connectivity index (χ2v) is 8.63. The molecule has 0 aromatic heterocycles. The number of rotatable bonds is 3. The van der Waals surface area contributed by atoms with Crippen molar-refractivity contribution in [1.29, 1.82) is 0 Å². The van der Waals surface area contributed by atoms with Gasteiger partial charge in [0.05, 0.1) is 6.61 Å². The molecule has 5 nitrogen and oxygen atoms in total. The van der Waals surface area contributed by atoms with E-state index in [4.69, 9.17) is 24.0 Å². The molecule has 0 aromatic rings. The molecular weight excluding hydrogens is 364 g/mol. The van der Waals surface area contributed by atoms with Crippen molar-refractivity contribution in [1.82, 2.24) is 0 Å². The van der Waals surface area contributed by atoms with Gasteiger partial charge in [-0.25, -0.2) is 9.78 Å². The Morgan fingerprint density at radius 1 is 1.13 bits per heavy atom. The number of hydrogen-bond donors (Lipinski definition) is 0. The van der Waals surface area contributed by atoms with Crippen LogP contribution in [0.15, 0.2) is 0 Å². The third-order valence-corrected chi connectivity index (χ3v) is 6.78. The molecule has 5 rings (SSSR count). The van der Waals surface area contributed by atoms with Crippen LogP contribution in [0.4, 0.5) is 0 Å². The van der Waals surface area contributed by atoms with E-state index in [0.717, 1.165) is 24.6 Å². The molecule has 4 saturated heterocycles. The molecular formula is C17H27BrO5. The first-order valence-corrected chi connectivity index (χ1v) is 10.00. The first kappa shape index (κ1) is 16.7. The Morgan fingerprint density at radius 2 is 1.96 bits per heavy atom. The number of hydrogen-bond acceptors (Lipinski definition) is 5. The summed E-state index contributed by atoms with van der Waals surface area (Å²) in [6, 6.07) is 0. The minimum atomic E-state index is -0.710. The lowest BCUT2D eigenvalue weighted by atomic mass is 9.58. The second-order valence-electron chi connectivity index (χ2n) is 7.83. The van der Waals surface area contributed by atoms with Gasteiger partial charge in [-0.3, -0.25) is 0 Å². The summed E-state index contributed by atoms with van der Waals surface area (Å²) in [5.74, 6) is 0.894. The highest BCUT2D eigenvalue weighted by Gasteiger charge is 2.69. The molecule has 0 amide bonds. The molecule has 5 unspecified atom stereocenters. The molecule has 8 atom stereocenters. The van der Waals surface area contributed by atoms with Crippen molar-refractivity contribution in [3.8, 4) is 0 Å². The zero-order valence-corrected chi connectivity index (χ0v) is 15.7. The second kappa shape index (κ2) is 5.92. The Balaban J connectivity index is 1.70. The van der Waals surface area contributed by atoms with Crippen molar-refractivity contribution in [2.45, 2.75) is 70.4 Å². The molecule has 4 heterocycles. The van der Waals surface area contributed by atoms with E-state index in [1.165, 1.54) is 6.42 Å². The van der Waals surface area contributed by atoms with Crippen molar-refractivity contribution in [2.24, 2.45) is 23.7 Å². The van der Waals surface area contributed by atoms with Crippen LogP contribution in [0, 0.1) is 23.7 Å². The van der Waals surface area contributed by atoms with Gasteiger partial charge in [-0.05, 0) is 38.0 Å². The minimum Gasteiger partial charge on any atom is -0.351 e. The van der Waals surface area contributed by atoms with E-state index < -0.39 is 17.7 Å². The van der Waals surface area contributed by atoms with E-state index in [1.54, 1.807) is 0 Å². The molecule has 23 heavy (non-hydrogen) atoms. The van der Waals surface area contributed by atoms with Gasteiger partial charge in [-0.15, -0.1) is 0 Å². The quantitative estimate of drug-likeness (QED) is 0.544. The topological polar surface area (TPSA) is 46.2 Å². The number of fused-ring (bicyclic) bond motifs is 2. The van der Waals surface area contributed by atoms with Crippen LogP contribution >= 0.6 is 15.9 Å². The third-order valence-electron chi connectivity index (χ3n) is 6.46. The van der Waals surface area contributed by atoms with Crippen LogP contribution in [0.1, 0.15) is 46.5 Å². The van der Waals surface area contributed by atoms with Crippen LogP contribution in [0.3, 0.4) is 0 Å². The van der Waals surface area contributed by atoms with E-state index in [1.807, 2.05) is 6.92 Å². The Hall–Kier alpha value is 0.280. The van der Waals surface area contributed by atoms with E-state index in [-0.39, 0.29) is 12.2 Å². The lowest BCUT2D eigenvalue weighted by Gasteiger charge is -2.60. The molecule has 5 aliphatic rings. The van der Waals surface area contributed by atoms with Gasteiger partial charge in [0.2, 0.25) is 5.79 Å². The molecule has 6 heteroatoms. The largest absolute Gasteiger partial charge is 0.351 e. The highest BCUT2D eigenvalue weighted by atomic mass is 79.9. The smallest absolute Gasteiger partial charge is 0.201 e. The molecule has 1 spiro atoms. The van der Waals surface area contributed by atoms with Crippen molar-refractivity contribution < 1.29 is 24.0 Å². The van der Waals surface area contributed by atoms with Crippen LogP contribution in [-0.2, 0) is 24.0 Å². The summed E-state index contributed by atoms with van der Waals surface area (Å²) in [7, 11) is 0. The van der Waals surface area contributed by atoms with Crippen LogP contribution in [0.2, 0.25) is 0 Å². The molecule has 4 aliphatic heterocycles. The summed E-state index contributed by atoms with van der Waals surface area (Å²) >= 11 is 3.42. The molecule has 0 aromatic carbocycles. The van der Waals surface area contributed by atoms with Gasteiger partial charge in [0.1, 0.15) is 0 Å². The number of alkyl halides is 1. The standard InChI is InChI=1S/C17H27BrO5/c1-10-4-5-13-11(2)14(19-9-8-18)20-15-17(13)12(10)6-7-16(3,21-15)22-23-17/h10-15H,4-9H2,1-3H3/t10-,11-,12?,13?,14?,15?,16+,17?/m1/s1. The summed E-state index contributed by atoms with van der Waals surface area (Å²) in [5.41, 5.74) is -0.485. The average Bonchev–Trinajstić information content (AvgIpc) is 2.76. The summed E-state index contributed by atoms with van der Waals surface area (Å²) < 4.78 is 18.5. The van der Waals surface area contributed by atoms with Gasteiger partial charge in [0.25, 0.3) is 0 Å². The predicted molar refractivity (Wildman–Crippen MR) is 86.6 cm³/mol. The Labute approximate surface area is 146 Å². The molecule has 0 N–H and O–H groups in total. The molecule has 1 saturated carbocycles. The van der Waals surface area contributed by atoms with Crippen molar-refractivity contribution in [2.75, 3.05) is 11.9 Å². The first-order chi connectivity index (χ1) is 11.0. The maximum absolute atomic E-state index is 6.29. The monoisotopic (exact) mass is 390 g/mol. The molecule has 2 bridgehead atoms. The maximum Gasteiger partial charge on any atom is 0.201 e. The van der Waals surface area contributed by atoms with Gasteiger partial charge in [0, 0.05) is 23.6 Å². The zero-order valence-electron chi connectivity index (χ0n) is 14.1. The van der Waals surface area contributed by atoms with Crippen molar-refractivity contribution >= 4 is 15.9 Å².